The second kappa shape index (κ2) is 8.29. The van der Waals surface area contributed by atoms with Gasteiger partial charge in [0, 0.05) is 20.1 Å². The van der Waals surface area contributed by atoms with Crippen molar-refractivity contribution in [1.29, 1.82) is 0 Å². The highest BCUT2D eigenvalue weighted by Crippen LogP contribution is 2.27. The first-order valence-electron chi connectivity index (χ1n) is 5.48. The molecule has 0 aliphatic heterocycles. The molecule has 7 heteroatoms. The molecule has 0 atom stereocenters. The molecule has 0 aromatic heterocycles. The van der Waals surface area contributed by atoms with Crippen molar-refractivity contribution in [1.82, 2.24) is 0 Å². The van der Waals surface area contributed by atoms with Gasteiger partial charge in [0.2, 0.25) is 0 Å². The molecule has 2 aromatic carbocycles. The predicted octanol–water partition coefficient (Wildman–Crippen LogP) is 5.93. The van der Waals surface area contributed by atoms with Gasteiger partial charge in [-0.05, 0) is 52.3 Å². The Morgan fingerprint density at radius 3 is 1.86 bits per heavy atom. The summed E-state index contributed by atoms with van der Waals surface area (Å²) in [7, 11) is 0. The third-order valence-corrected chi connectivity index (χ3v) is 3.66. The van der Waals surface area contributed by atoms with Crippen LogP contribution in [0.3, 0.4) is 0 Å². The van der Waals surface area contributed by atoms with E-state index in [1.54, 1.807) is 0 Å². The van der Waals surface area contributed by atoms with Crippen molar-refractivity contribution in [2.24, 2.45) is 0 Å². The van der Waals surface area contributed by atoms with Gasteiger partial charge in [-0.3, -0.25) is 4.79 Å². The van der Waals surface area contributed by atoms with Crippen LogP contribution in [-0.4, -0.2) is 6.29 Å². The lowest BCUT2D eigenvalue weighted by molar-refractivity contribution is 0.112. The van der Waals surface area contributed by atoms with E-state index in [1.807, 2.05) is 0 Å². The van der Waals surface area contributed by atoms with Crippen LogP contribution in [0.1, 0.15) is 22.3 Å². The number of carbonyl (C=O) groups is 1. The first kappa shape index (κ1) is 17.8. The Labute approximate surface area is 135 Å². The summed E-state index contributed by atoms with van der Waals surface area (Å²) in [6, 6.07) is 7.00. The summed E-state index contributed by atoms with van der Waals surface area (Å²) >= 11 is 5.86. The van der Waals surface area contributed by atoms with E-state index in [1.165, 1.54) is 18.2 Å². The molecule has 0 aliphatic carbocycles. The van der Waals surface area contributed by atoms with Gasteiger partial charge in [0.15, 0.2) is 6.29 Å². The third kappa shape index (κ3) is 5.59. The molecule has 0 unspecified atom stereocenters. The lowest BCUT2D eigenvalue weighted by atomic mass is 10.2. The maximum atomic E-state index is 12.3. The average Bonchev–Trinajstić information content (AvgIpc) is 2.39. The van der Waals surface area contributed by atoms with Gasteiger partial charge in [-0.15, -0.1) is 0 Å². The van der Waals surface area contributed by atoms with E-state index < -0.39 is 12.2 Å². The van der Waals surface area contributed by atoms with Crippen LogP contribution in [0.15, 0.2) is 45.3 Å². The van der Waals surface area contributed by atoms with Crippen LogP contribution in [0.4, 0.5) is 17.6 Å². The summed E-state index contributed by atoms with van der Waals surface area (Å²) in [5.41, 5.74) is 0.271. The molecule has 0 bridgehead atoms. The Morgan fingerprint density at radius 2 is 1.43 bits per heavy atom. The zero-order valence-corrected chi connectivity index (χ0v) is 13.5. The number of benzene rings is 2. The van der Waals surface area contributed by atoms with Gasteiger partial charge in [0.25, 0.3) is 6.43 Å². The Kier molecular flexibility index (Phi) is 7.04. The van der Waals surface area contributed by atoms with Gasteiger partial charge < -0.3 is 0 Å². The summed E-state index contributed by atoms with van der Waals surface area (Å²) in [4.78, 5) is 10.2. The zero-order valence-electron chi connectivity index (χ0n) is 10.3. The van der Waals surface area contributed by atoms with E-state index >= 15 is 0 Å². The fourth-order valence-corrected chi connectivity index (χ4v) is 2.24. The smallest absolute Gasteiger partial charge is 0.264 e. The SMILES string of the molecule is Fc1ccc(C(F)F)c(Br)c1.O=Cc1ccc(F)cc1Br. The minimum absolute atomic E-state index is 0.104. The van der Waals surface area contributed by atoms with Gasteiger partial charge in [-0.25, -0.2) is 17.6 Å². The molecule has 21 heavy (non-hydrogen) atoms. The van der Waals surface area contributed by atoms with Gasteiger partial charge >= 0.3 is 0 Å². The van der Waals surface area contributed by atoms with Crippen LogP contribution >= 0.6 is 31.9 Å². The van der Waals surface area contributed by atoms with Crippen molar-refractivity contribution >= 4 is 38.1 Å². The molecule has 0 heterocycles. The number of halogens is 6. The van der Waals surface area contributed by atoms with Crippen LogP contribution < -0.4 is 0 Å². The van der Waals surface area contributed by atoms with Crippen LogP contribution in [-0.2, 0) is 0 Å². The summed E-state index contributed by atoms with van der Waals surface area (Å²) < 4.78 is 49.3. The summed E-state index contributed by atoms with van der Waals surface area (Å²) in [6.07, 6.45) is -1.89. The molecule has 2 rings (SSSR count). The molecule has 2 aromatic rings. The first-order chi connectivity index (χ1) is 9.85. The highest BCUT2D eigenvalue weighted by molar-refractivity contribution is 9.10. The monoisotopic (exact) mass is 426 g/mol. The Bertz CT molecular complexity index is 632. The molecule has 1 nitrogen and oxygen atoms in total. The van der Waals surface area contributed by atoms with Gasteiger partial charge in [0.1, 0.15) is 11.6 Å². The zero-order chi connectivity index (χ0) is 16.0. The average molecular weight is 428 g/mol. The summed E-state index contributed by atoms with van der Waals surface area (Å²) in [5.74, 6) is -0.876. The third-order valence-electron chi connectivity index (χ3n) is 2.29. The number of hydrogen-bond donors (Lipinski definition) is 0. The Hall–Kier alpha value is -1.21. The van der Waals surface area contributed by atoms with Crippen LogP contribution in [0.5, 0.6) is 0 Å². The van der Waals surface area contributed by atoms with Gasteiger partial charge in [0.05, 0.1) is 0 Å². The van der Waals surface area contributed by atoms with E-state index in [-0.39, 0.29) is 15.9 Å². The second-order valence-electron chi connectivity index (χ2n) is 3.75. The highest BCUT2D eigenvalue weighted by Gasteiger charge is 2.10. The summed E-state index contributed by atoms with van der Waals surface area (Å²) in [5, 5.41) is 0. The fraction of sp³-hybridized carbons (Fsp3) is 0.0714. The maximum absolute atomic E-state index is 12.3. The van der Waals surface area contributed by atoms with Crippen molar-refractivity contribution in [3.63, 3.8) is 0 Å². The molecule has 0 saturated heterocycles. The topological polar surface area (TPSA) is 17.1 Å². The Balaban J connectivity index is 0.000000211. The number of aldehydes is 1. The normalized spacial score (nSPS) is 10.0. The number of hydrogen-bond acceptors (Lipinski definition) is 1. The van der Waals surface area contributed by atoms with Gasteiger partial charge in [-0.1, -0.05) is 15.9 Å². The fourth-order valence-electron chi connectivity index (χ4n) is 1.28. The van der Waals surface area contributed by atoms with Gasteiger partial charge in [-0.2, -0.15) is 0 Å². The first-order valence-corrected chi connectivity index (χ1v) is 7.07. The molecule has 0 saturated carbocycles. The quantitative estimate of drug-likeness (QED) is 0.429. The maximum Gasteiger partial charge on any atom is 0.264 e. The lowest BCUT2D eigenvalue weighted by Crippen LogP contribution is -1.86. The molecule has 0 amide bonds. The standard InChI is InChI=1S/C7H4BrF3.C7H4BrFO/c8-6-3-4(9)1-2-5(6)7(10)11;8-7-3-6(9)2-1-5(7)4-10/h1-3,7H;1-4H. The molecule has 112 valence electrons. The van der Waals surface area contributed by atoms with E-state index in [4.69, 9.17) is 0 Å². The molecule has 0 aliphatic rings. The molecular weight excluding hydrogens is 420 g/mol. The molecule has 0 N–H and O–H groups in total. The van der Waals surface area contributed by atoms with E-state index in [2.05, 4.69) is 31.9 Å². The van der Waals surface area contributed by atoms with Crippen molar-refractivity contribution in [3.8, 4) is 0 Å². The van der Waals surface area contributed by atoms with Crippen LogP contribution in [0.2, 0.25) is 0 Å². The van der Waals surface area contributed by atoms with E-state index in [0.29, 0.717) is 16.3 Å². The largest absolute Gasteiger partial charge is 0.298 e. The number of rotatable bonds is 2. The van der Waals surface area contributed by atoms with Crippen molar-refractivity contribution in [2.75, 3.05) is 0 Å². The summed E-state index contributed by atoms with van der Waals surface area (Å²) in [6.45, 7) is 0. The van der Waals surface area contributed by atoms with Crippen molar-refractivity contribution < 1.29 is 22.4 Å². The minimum Gasteiger partial charge on any atom is -0.298 e. The van der Waals surface area contributed by atoms with Crippen molar-refractivity contribution in [3.05, 3.63) is 68.1 Å². The lowest BCUT2D eigenvalue weighted by Gasteiger charge is -2.01. The second-order valence-corrected chi connectivity index (χ2v) is 5.46. The minimum atomic E-state index is -2.56. The van der Waals surface area contributed by atoms with Crippen LogP contribution in [0, 0.1) is 11.6 Å². The van der Waals surface area contributed by atoms with Crippen molar-refractivity contribution in [2.45, 2.75) is 6.43 Å². The molecule has 0 fully saturated rings. The van der Waals surface area contributed by atoms with Crippen LogP contribution in [0.25, 0.3) is 0 Å². The Morgan fingerprint density at radius 1 is 0.905 bits per heavy atom. The molecular formula is C14H8Br2F4O. The number of alkyl halides is 2. The number of carbonyl (C=O) groups excluding carboxylic acids is 1. The van der Waals surface area contributed by atoms with E-state index in [0.717, 1.165) is 18.2 Å². The molecule has 0 radical (unpaired) electrons. The molecule has 0 spiro atoms. The predicted molar refractivity (Wildman–Crippen MR) is 78.5 cm³/mol. The highest BCUT2D eigenvalue weighted by atomic mass is 79.9. The van der Waals surface area contributed by atoms with E-state index in [9.17, 15) is 22.4 Å².